The third-order valence-corrected chi connectivity index (χ3v) is 4.52. The predicted octanol–water partition coefficient (Wildman–Crippen LogP) is 2.64. The molecule has 1 saturated heterocycles. The molecule has 0 N–H and O–H groups in total. The van der Waals surface area contributed by atoms with Gasteiger partial charge in [-0.1, -0.05) is 17.7 Å². The van der Waals surface area contributed by atoms with Crippen LogP contribution in [0.2, 0.25) is 5.02 Å². The van der Waals surface area contributed by atoms with Crippen molar-refractivity contribution in [1.29, 1.82) is 0 Å². The fourth-order valence-corrected chi connectivity index (χ4v) is 3.13. The summed E-state index contributed by atoms with van der Waals surface area (Å²) in [6, 6.07) is 7.76. The summed E-state index contributed by atoms with van der Waals surface area (Å²) in [7, 11) is 0. The first-order valence-electron chi connectivity index (χ1n) is 8.25. The van der Waals surface area contributed by atoms with Crippen LogP contribution in [0.15, 0.2) is 24.3 Å². The predicted molar refractivity (Wildman–Crippen MR) is 97.4 cm³/mol. The number of rotatable bonds is 3. The highest BCUT2D eigenvalue weighted by Crippen LogP contribution is 2.21. The zero-order valence-electron chi connectivity index (χ0n) is 14.9. The van der Waals surface area contributed by atoms with E-state index >= 15 is 0 Å². The molecule has 1 heterocycles. The molecule has 0 bridgehead atoms. The van der Waals surface area contributed by atoms with E-state index in [-0.39, 0.29) is 23.9 Å². The fourth-order valence-electron chi connectivity index (χ4n) is 2.94. The van der Waals surface area contributed by atoms with Crippen molar-refractivity contribution >= 4 is 29.1 Å². The molecule has 1 aliphatic rings. The SMILES string of the molecule is CC(=O)N(CC(=O)N1CCN(c2cccc(Cl)c2)CC1)C(C)(C)C. The van der Waals surface area contributed by atoms with Crippen LogP contribution in [-0.2, 0) is 9.59 Å². The van der Waals surface area contributed by atoms with E-state index in [4.69, 9.17) is 11.6 Å². The number of halogens is 1. The molecule has 0 radical (unpaired) electrons. The van der Waals surface area contributed by atoms with E-state index in [1.165, 1.54) is 6.92 Å². The number of carbonyl (C=O) groups excluding carboxylic acids is 2. The first kappa shape index (κ1) is 18.6. The van der Waals surface area contributed by atoms with Gasteiger partial charge in [0, 0.05) is 49.4 Å². The molecule has 1 fully saturated rings. The quantitative estimate of drug-likeness (QED) is 0.840. The summed E-state index contributed by atoms with van der Waals surface area (Å²) >= 11 is 6.04. The van der Waals surface area contributed by atoms with Gasteiger partial charge in [0.15, 0.2) is 0 Å². The second-order valence-electron chi connectivity index (χ2n) is 7.12. The van der Waals surface area contributed by atoms with E-state index in [1.54, 1.807) is 4.90 Å². The van der Waals surface area contributed by atoms with Gasteiger partial charge in [-0.3, -0.25) is 9.59 Å². The van der Waals surface area contributed by atoms with Gasteiger partial charge in [-0.25, -0.2) is 0 Å². The van der Waals surface area contributed by atoms with Gasteiger partial charge in [0.2, 0.25) is 11.8 Å². The van der Waals surface area contributed by atoms with Crippen molar-refractivity contribution < 1.29 is 9.59 Å². The van der Waals surface area contributed by atoms with Gasteiger partial charge in [0.25, 0.3) is 0 Å². The van der Waals surface area contributed by atoms with Crippen LogP contribution < -0.4 is 4.90 Å². The third kappa shape index (κ3) is 4.63. The molecular weight excluding hydrogens is 326 g/mol. The summed E-state index contributed by atoms with van der Waals surface area (Å²) in [6.45, 7) is 10.3. The van der Waals surface area contributed by atoms with Gasteiger partial charge >= 0.3 is 0 Å². The lowest BCUT2D eigenvalue weighted by Gasteiger charge is -2.39. The Bertz CT molecular complexity index is 605. The topological polar surface area (TPSA) is 43.9 Å². The van der Waals surface area contributed by atoms with Crippen LogP contribution in [0.4, 0.5) is 5.69 Å². The van der Waals surface area contributed by atoms with E-state index in [0.717, 1.165) is 18.8 Å². The maximum atomic E-state index is 12.5. The average Bonchev–Trinajstić information content (AvgIpc) is 2.51. The van der Waals surface area contributed by atoms with Gasteiger partial charge in [-0.2, -0.15) is 0 Å². The number of hydrogen-bond acceptors (Lipinski definition) is 3. The van der Waals surface area contributed by atoms with Crippen LogP contribution in [0, 0.1) is 0 Å². The molecule has 0 spiro atoms. The van der Waals surface area contributed by atoms with E-state index < -0.39 is 0 Å². The van der Waals surface area contributed by atoms with Crippen molar-refractivity contribution in [3.05, 3.63) is 29.3 Å². The fraction of sp³-hybridized carbons (Fsp3) is 0.556. The van der Waals surface area contributed by atoms with Crippen molar-refractivity contribution in [1.82, 2.24) is 9.80 Å². The summed E-state index contributed by atoms with van der Waals surface area (Å²) in [5, 5.41) is 0.716. The van der Waals surface area contributed by atoms with Crippen LogP contribution in [0.25, 0.3) is 0 Å². The van der Waals surface area contributed by atoms with Crippen molar-refractivity contribution in [3.63, 3.8) is 0 Å². The minimum atomic E-state index is -0.357. The average molecular weight is 352 g/mol. The van der Waals surface area contributed by atoms with Gasteiger partial charge in [-0.15, -0.1) is 0 Å². The molecule has 1 aliphatic heterocycles. The molecule has 2 rings (SSSR count). The van der Waals surface area contributed by atoms with E-state index in [9.17, 15) is 9.59 Å². The Kier molecular flexibility index (Phi) is 5.75. The summed E-state index contributed by atoms with van der Waals surface area (Å²) in [5.41, 5.74) is 0.721. The Morgan fingerprint density at radius 1 is 1.17 bits per heavy atom. The Labute approximate surface area is 149 Å². The zero-order chi connectivity index (χ0) is 17.9. The number of amides is 2. The number of piperazine rings is 1. The molecule has 0 unspecified atom stereocenters. The van der Waals surface area contributed by atoms with Crippen molar-refractivity contribution in [2.24, 2.45) is 0 Å². The minimum Gasteiger partial charge on any atom is -0.368 e. The third-order valence-electron chi connectivity index (χ3n) is 4.29. The lowest BCUT2D eigenvalue weighted by Crippen LogP contribution is -2.54. The van der Waals surface area contributed by atoms with Crippen molar-refractivity contribution in [2.75, 3.05) is 37.6 Å². The van der Waals surface area contributed by atoms with Gasteiger partial charge in [0.1, 0.15) is 6.54 Å². The normalized spacial score (nSPS) is 15.4. The first-order valence-corrected chi connectivity index (χ1v) is 8.63. The number of carbonyl (C=O) groups is 2. The van der Waals surface area contributed by atoms with Crippen molar-refractivity contribution in [3.8, 4) is 0 Å². The first-order chi connectivity index (χ1) is 11.2. The summed E-state index contributed by atoms with van der Waals surface area (Å²) in [6.07, 6.45) is 0. The second kappa shape index (κ2) is 7.43. The van der Waals surface area contributed by atoms with Gasteiger partial charge in [-0.05, 0) is 39.0 Å². The van der Waals surface area contributed by atoms with Crippen LogP contribution >= 0.6 is 11.6 Å². The molecule has 0 aliphatic carbocycles. The maximum absolute atomic E-state index is 12.5. The van der Waals surface area contributed by atoms with E-state index in [0.29, 0.717) is 18.1 Å². The standard InChI is InChI=1S/C18H26ClN3O2/c1-14(23)22(18(2,3)4)13-17(24)21-10-8-20(9-11-21)16-7-5-6-15(19)12-16/h5-7,12H,8-11,13H2,1-4H3. The largest absolute Gasteiger partial charge is 0.368 e. The molecule has 2 amide bonds. The van der Waals surface area contributed by atoms with Gasteiger partial charge < -0.3 is 14.7 Å². The molecule has 0 saturated carbocycles. The van der Waals surface area contributed by atoms with Crippen molar-refractivity contribution in [2.45, 2.75) is 33.2 Å². The lowest BCUT2D eigenvalue weighted by molar-refractivity contribution is -0.143. The van der Waals surface area contributed by atoms with E-state index in [1.807, 2.05) is 49.9 Å². The Balaban J connectivity index is 1.94. The number of nitrogens with zero attached hydrogens (tertiary/aromatic N) is 3. The highest BCUT2D eigenvalue weighted by Gasteiger charge is 2.29. The molecule has 24 heavy (non-hydrogen) atoms. The summed E-state index contributed by atoms with van der Waals surface area (Å²) < 4.78 is 0. The molecule has 132 valence electrons. The summed E-state index contributed by atoms with van der Waals surface area (Å²) in [5.74, 6) is -0.0701. The number of anilines is 1. The molecule has 5 nitrogen and oxygen atoms in total. The smallest absolute Gasteiger partial charge is 0.242 e. The Hall–Kier alpha value is -1.75. The molecule has 6 heteroatoms. The molecule has 1 aromatic carbocycles. The highest BCUT2D eigenvalue weighted by molar-refractivity contribution is 6.30. The van der Waals surface area contributed by atoms with Crippen LogP contribution in [0.1, 0.15) is 27.7 Å². The second-order valence-corrected chi connectivity index (χ2v) is 7.56. The van der Waals surface area contributed by atoms with Gasteiger partial charge in [0.05, 0.1) is 0 Å². The Morgan fingerprint density at radius 2 is 1.79 bits per heavy atom. The zero-order valence-corrected chi connectivity index (χ0v) is 15.6. The Morgan fingerprint density at radius 3 is 2.29 bits per heavy atom. The van der Waals surface area contributed by atoms with Crippen LogP contribution in [0.3, 0.4) is 0 Å². The van der Waals surface area contributed by atoms with E-state index in [2.05, 4.69) is 4.90 Å². The molecule has 0 atom stereocenters. The summed E-state index contributed by atoms with van der Waals surface area (Å²) in [4.78, 5) is 30.0. The van der Waals surface area contributed by atoms with Crippen LogP contribution in [-0.4, -0.2) is 59.9 Å². The number of hydrogen-bond donors (Lipinski definition) is 0. The maximum Gasteiger partial charge on any atom is 0.242 e. The number of benzene rings is 1. The lowest BCUT2D eigenvalue weighted by atomic mass is 10.1. The highest BCUT2D eigenvalue weighted by atomic mass is 35.5. The molecular formula is C18H26ClN3O2. The van der Waals surface area contributed by atoms with Crippen LogP contribution in [0.5, 0.6) is 0 Å². The molecule has 1 aromatic rings. The molecule has 0 aromatic heterocycles. The minimum absolute atomic E-state index is 0.00543. The monoisotopic (exact) mass is 351 g/mol.